The summed E-state index contributed by atoms with van der Waals surface area (Å²) in [6, 6.07) is 21.5. The Labute approximate surface area is 245 Å². The second kappa shape index (κ2) is 9.54. The maximum atomic E-state index is 9.67. The third-order valence-corrected chi connectivity index (χ3v) is 9.44. The number of hydrogen-bond acceptors (Lipinski definition) is 4. The SMILES string of the molecule is CC1Cc2c(c3ccccc3c3nc(C#N)c(C#N)nc23)C=C1c1ccc(-n2c3c(c4c2CCCC4)C=CCC3)cc1. The summed E-state index contributed by atoms with van der Waals surface area (Å²) >= 11 is 0. The zero-order valence-corrected chi connectivity index (χ0v) is 23.6. The number of hydrogen-bond donors (Lipinski definition) is 0. The maximum absolute atomic E-state index is 9.67. The van der Waals surface area contributed by atoms with E-state index in [0.29, 0.717) is 5.52 Å². The minimum atomic E-state index is 0.0801. The molecule has 0 saturated heterocycles. The average molecular weight is 544 g/mol. The molecule has 0 saturated carbocycles. The molecule has 1 unspecified atom stereocenters. The Kier molecular flexibility index (Phi) is 5.62. The molecule has 5 heteroatoms. The van der Waals surface area contributed by atoms with Gasteiger partial charge in [-0.25, -0.2) is 9.97 Å². The molecule has 5 aromatic rings. The second-order valence-electron chi connectivity index (χ2n) is 11.8. The highest BCUT2D eigenvalue weighted by Gasteiger charge is 2.27. The molecule has 0 amide bonds. The lowest BCUT2D eigenvalue weighted by atomic mass is 9.79. The molecule has 3 aliphatic rings. The molecule has 0 radical (unpaired) electrons. The molecule has 0 spiro atoms. The highest BCUT2D eigenvalue weighted by atomic mass is 15.0. The van der Waals surface area contributed by atoms with Gasteiger partial charge in [0.1, 0.15) is 12.1 Å². The number of aromatic nitrogens is 3. The van der Waals surface area contributed by atoms with Crippen LogP contribution in [0.15, 0.2) is 54.6 Å². The fourth-order valence-corrected chi connectivity index (χ4v) is 7.52. The van der Waals surface area contributed by atoms with Crippen LogP contribution in [0.5, 0.6) is 0 Å². The van der Waals surface area contributed by atoms with Crippen molar-refractivity contribution in [3.8, 4) is 17.8 Å². The van der Waals surface area contributed by atoms with Crippen LogP contribution in [0.25, 0.3) is 45.2 Å². The van der Waals surface area contributed by atoms with Crippen molar-refractivity contribution in [2.24, 2.45) is 5.92 Å². The van der Waals surface area contributed by atoms with Crippen molar-refractivity contribution in [1.29, 1.82) is 10.5 Å². The van der Waals surface area contributed by atoms with Gasteiger partial charge in [0, 0.05) is 22.5 Å². The van der Waals surface area contributed by atoms with Gasteiger partial charge in [-0.3, -0.25) is 0 Å². The molecule has 2 aromatic heterocycles. The van der Waals surface area contributed by atoms with Crippen LogP contribution < -0.4 is 0 Å². The largest absolute Gasteiger partial charge is 0.317 e. The molecule has 0 fully saturated rings. The number of allylic oxidation sites excluding steroid dienone is 2. The third-order valence-electron chi connectivity index (χ3n) is 9.44. The summed E-state index contributed by atoms with van der Waals surface area (Å²) in [5.74, 6) is 0.257. The van der Waals surface area contributed by atoms with Crippen molar-refractivity contribution in [3.05, 3.63) is 105 Å². The molecule has 202 valence electrons. The topological polar surface area (TPSA) is 78.3 Å². The zero-order chi connectivity index (χ0) is 28.4. The van der Waals surface area contributed by atoms with E-state index in [4.69, 9.17) is 0 Å². The minimum Gasteiger partial charge on any atom is -0.317 e. The first kappa shape index (κ1) is 24.8. The second-order valence-corrected chi connectivity index (χ2v) is 11.8. The number of benzene rings is 3. The first-order chi connectivity index (χ1) is 20.7. The first-order valence-corrected chi connectivity index (χ1v) is 15.0. The molecule has 8 rings (SSSR count). The molecular formula is C37H29N5. The van der Waals surface area contributed by atoms with E-state index in [0.717, 1.165) is 53.1 Å². The summed E-state index contributed by atoms with van der Waals surface area (Å²) in [5, 5.41) is 21.3. The molecule has 0 aliphatic heterocycles. The highest BCUT2D eigenvalue weighted by molar-refractivity contribution is 6.12. The van der Waals surface area contributed by atoms with E-state index in [1.54, 1.807) is 5.56 Å². The summed E-state index contributed by atoms with van der Waals surface area (Å²) in [5.41, 5.74) is 13.7. The van der Waals surface area contributed by atoms with Crippen molar-refractivity contribution in [2.75, 3.05) is 0 Å². The monoisotopic (exact) mass is 543 g/mol. The highest BCUT2D eigenvalue weighted by Crippen LogP contribution is 2.42. The molecule has 3 aliphatic carbocycles. The van der Waals surface area contributed by atoms with Crippen LogP contribution in [0.4, 0.5) is 0 Å². The van der Waals surface area contributed by atoms with Crippen molar-refractivity contribution in [2.45, 2.75) is 51.9 Å². The smallest absolute Gasteiger partial charge is 0.177 e. The van der Waals surface area contributed by atoms with Gasteiger partial charge in [-0.15, -0.1) is 0 Å². The molecule has 2 heterocycles. The fraction of sp³-hybridized carbons (Fsp3) is 0.243. The van der Waals surface area contributed by atoms with Gasteiger partial charge in [0.05, 0.1) is 11.0 Å². The Morgan fingerprint density at radius 2 is 1.52 bits per heavy atom. The molecule has 42 heavy (non-hydrogen) atoms. The molecule has 3 aromatic carbocycles. The van der Waals surface area contributed by atoms with Crippen LogP contribution in [-0.4, -0.2) is 14.5 Å². The Bertz CT molecular complexity index is 2090. The van der Waals surface area contributed by atoms with Crippen molar-refractivity contribution < 1.29 is 0 Å². The van der Waals surface area contributed by atoms with E-state index < -0.39 is 0 Å². The van der Waals surface area contributed by atoms with Gasteiger partial charge in [0.15, 0.2) is 11.4 Å². The van der Waals surface area contributed by atoms with Crippen molar-refractivity contribution >= 4 is 39.5 Å². The summed E-state index contributed by atoms with van der Waals surface area (Å²) in [4.78, 5) is 9.31. The molecule has 5 nitrogen and oxygen atoms in total. The van der Waals surface area contributed by atoms with Crippen LogP contribution in [0.3, 0.4) is 0 Å². The van der Waals surface area contributed by atoms with Gasteiger partial charge >= 0.3 is 0 Å². The average Bonchev–Trinajstić information content (AvgIpc) is 3.38. The van der Waals surface area contributed by atoms with E-state index in [2.05, 4.69) is 82.2 Å². The van der Waals surface area contributed by atoms with E-state index in [9.17, 15) is 10.5 Å². The number of nitriles is 2. The Morgan fingerprint density at radius 1 is 0.786 bits per heavy atom. The van der Waals surface area contributed by atoms with Gasteiger partial charge in [-0.05, 0) is 108 Å². The summed E-state index contributed by atoms with van der Waals surface area (Å²) in [6.45, 7) is 2.26. The lowest BCUT2D eigenvalue weighted by molar-refractivity contribution is 0.659. The Hall–Kier alpha value is -5.00. The lowest BCUT2D eigenvalue weighted by Crippen LogP contribution is -2.12. The van der Waals surface area contributed by atoms with Gasteiger partial charge in [-0.2, -0.15) is 10.5 Å². The number of fused-ring (bicyclic) bond motifs is 9. The number of rotatable bonds is 2. The predicted molar refractivity (Wildman–Crippen MR) is 167 cm³/mol. The van der Waals surface area contributed by atoms with Crippen molar-refractivity contribution in [1.82, 2.24) is 14.5 Å². The first-order valence-electron chi connectivity index (χ1n) is 15.0. The van der Waals surface area contributed by atoms with E-state index >= 15 is 0 Å². The van der Waals surface area contributed by atoms with E-state index in [-0.39, 0.29) is 17.3 Å². The lowest BCUT2D eigenvalue weighted by Gasteiger charge is -2.26. The normalized spacial score (nSPS) is 17.2. The summed E-state index contributed by atoms with van der Waals surface area (Å²) in [7, 11) is 0. The quantitative estimate of drug-likeness (QED) is 0.212. The Balaban J connectivity index is 1.27. The van der Waals surface area contributed by atoms with Gasteiger partial charge in [0.2, 0.25) is 0 Å². The number of nitrogens with zero attached hydrogens (tertiary/aromatic N) is 5. The summed E-state index contributed by atoms with van der Waals surface area (Å²) < 4.78 is 2.56. The maximum Gasteiger partial charge on any atom is 0.177 e. The van der Waals surface area contributed by atoms with E-state index in [1.165, 1.54) is 53.0 Å². The minimum absolute atomic E-state index is 0.0801. The third kappa shape index (κ3) is 3.60. The van der Waals surface area contributed by atoms with Gasteiger partial charge < -0.3 is 4.57 Å². The van der Waals surface area contributed by atoms with Crippen molar-refractivity contribution in [3.63, 3.8) is 0 Å². The Morgan fingerprint density at radius 3 is 2.31 bits per heavy atom. The van der Waals surface area contributed by atoms with Gasteiger partial charge in [-0.1, -0.05) is 55.5 Å². The molecule has 1 atom stereocenters. The summed E-state index contributed by atoms with van der Waals surface area (Å²) in [6.07, 6.45) is 14.9. The van der Waals surface area contributed by atoms with Crippen LogP contribution in [-0.2, 0) is 25.7 Å². The standard InChI is InChI=1S/C37H29N5/c1-22-18-31-30(25-8-2-3-11-28(25)36-37(31)41-33(21-39)32(20-38)40-36)19-29(22)23-14-16-24(17-15-23)42-34-12-6-4-9-26(34)27-10-5-7-13-35(27)42/h2-4,8-9,11,14-17,19,22H,5-7,10,12-13,18H2,1H3. The molecule has 0 N–H and O–H groups in total. The molecular weight excluding hydrogens is 514 g/mol. The van der Waals surface area contributed by atoms with Crippen LogP contribution in [0, 0.1) is 28.6 Å². The molecule has 0 bridgehead atoms. The van der Waals surface area contributed by atoms with Crippen LogP contribution >= 0.6 is 0 Å². The van der Waals surface area contributed by atoms with Gasteiger partial charge in [0.25, 0.3) is 0 Å². The van der Waals surface area contributed by atoms with E-state index in [1.807, 2.05) is 18.2 Å². The predicted octanol–water partition coefficient (Wildman–Crippen LogP) is 7.89. The zero-order valence-electron chi connectivity index (χ0n) is 23.6. The fourth-order valence-electron chi connectivity index (χ4n) is 7.52. The van der Waals surface area contributed by atoms with Crippen LogP contribution in [0.1, 0.15) is 76.8 Å². The van der Waals surface area contributed by atoms with Crippen LogP contribution in [0.2, 0.25) is 0 Å².